The zero-order valence-corrected chi connectivity index (χ0v) is 8.38. The molecular formula is C7H15O4P. The molecule has 1 heterocycles. The number of ether oxygens (including phenoxy) is 1. The number of hydrogen-bond acceptors (Lipinski definition) is 4. The first-order valence-corrected chi connectivity index (χ1v) is 5.80. The average molecular weight is 194 g/mol. The lowest BCUT2D eigenvalue weighted by molar-refractivity contribution is 0.0675. The van der Waals surface area contributed by atoms with Crippen LogP contribution in [0.5, 0.6) is 0 Å². The quantitative estimate of drug-likeness (QED) is 0.644. The van der Waals surface area contributed by atoms with Crippen molar-refractivity contribution in [2.45, 2.75) is 26.1 Å². The minimum Gasteiger partial charge on any atom is -0.366 e. The lowest BCUT2D eigenvalue weighted by Crippen LogP contribution is -2.18. The van der Waals surface area contributed by atoms with Crippen molar-refractivity contribution in [1.82, 2.24) is 0 Å². The van der Waals surface area contributed by atoms with Crippen LogP contribution >= 0.6 is 7.60 Å². The average Bonchev–Trinajstić information content (AvgIpc) is 2.06. The molecule has 0 aromatic heterocycles. The molecule has 0 saturated carbocycles. The molecule has 1 unspecified atom stereocenters. The fraction of sp³-hybridized carbons (Fsp3) is 1.00. The molecule has 0 aromatic carbocycles. The lowest BCUT2D eigenvalue weighted by Gasteiger charge is -2.27. The van der Waals surface area contributed by atoms with Crippen LogP contribution in [0.2, 0.25) is 0 Å². The molecule has 0 bridgehead atoms. The highest BCUT2D eigenvalue weighted by Crippen LogP contribution is 2.55. The summed E-state index contributed by atoms with van der Waals surface area (Å²) in [4.78, 5) is 0. The third-order valence-electron chi connectivity index (χ3n) is 1.68. The van der Waals surface area contributed by atoms with Crippen LogP contribution in [-0.4, -0.2) is 25.7 Å². The molecule has 0 aliphatic carbocycles. The van der Waals surface area contributed by atoms with Crippen LogP contribution in [0.25, 0.3) is 0 Å². The van der Waals surface area contributed by atoms with Crippen molar-refractivity contribution < 1.29 is 18.3 Å². The Kier molecular flexibility index (Phi) is 3.72. The summed E-state index contributed by atoms with van der Waals surface area (Å²) < 4.78 is 27.1. The van der Waals surface area contributed by atoms with Crippen molar-refractivity contribution in [2.75, 3.05) is 19.8 Å². The van der Waals surface area contributed by atoms with Gasteiger partial charge in [0.2, 0.25) is 0 Å². The zero-order valence-electron chi connectivity index (χ0n) is 7.49. The van der Waals surface area contributed by atoms with Gasteiger partial charge in [0.05, 0.1) is 13.2 Å². The summed E-state index contributed by atoms with van der Waals surface area (Å²) in [6.45, 7) is 5.11. The maximum absolute atomic E-state index is 11.8. The molecule has 1 fully saturated rings. The first kappa shape index (κ1) is 10.2. The molecule has 1 saturated heterocycles. The van der Waals surface area contributed by atoms with Gasteiger partial charge in [0.25, 0.3) is 0 Å². The molecule has 72 valence electrons. The summed E-state index contributed by atoms with van der Waals surface area (Å²) >= 11 is 0. The monoisotopic (exact) mass is 194 g/mol. The molecule has 1 aliphatic rings. The van der Waals surface area contributed by atoms with Crippen molar-refractivity contribution in [3.8, 4) is 0 Å². The standard InChI is InChI=1S/C7H15O4P/c1-3-9-7(2)12(8)10-5-4-6-11-12/h7H,3-6H2,1-2H3. The topological polar surface area (TPSA) is 44.8 Å². The van der Waals surface area contributed by atoms with Crippen molar-refractivity contribution in [3.05, 3.63) is 0 Å². The van der Waals surface area contributed by atoms with Crippen molar-refractivity contribution in [1.29, 1.82) is 0 Å². The zero-order chi connectivity index (χ0) is 9.03. The summed E-state index contributed by atoms with van der Waals surface area (Å²) in [7, 11) is -2.94. The molecule has 0 spiro atoms. The number of hydrogen-bond donors (Lipinski definition) is 0. The minimum absolute atomic E-state index is 0.442. The van der Waals surface area contributed by atoms with Gasteiger partial charge in [-0.25, -0.2) is 0 Å². The van der Waals surface area contributed by atoms with Crippen LogP contribution in [0.1, 0.15) is 20.3 Å². The fourth-order valence-corrected chi connectivity index (χ4v) is 2.62. The molecule has 0 amide bonds. The largest absolute Gasteiger partial charge is 0.366 e. The minimum atomic E-state index is -2.94. The van der Waals surface area contributed by atoms with Gasteiger partial charge in [0.1, 0.15) is 0 Å². The Labute approximate surface area is 72.7 Å². The maximum atomic E-state index is 11.8. The summed E-state index contributed by atoms with van der Waals surface area (Å²) in [5.74, 6) is -0.442. The van der Waals surface area contributed by atoms with Gasteiger partial charge in [-0.15, -0.1) is 0 Å². The van der Waals surface area contributed by atoms with Gasteiger partial charge in [-0.05, 0) is 20.3 Å². The van der Waals surface area contributed by atoms with Gasteiger partial charge in [-0.3, -0.25) is 4.57 Å². The molecule has 0 radical (unpaired) electrons. The fourth-order valence-electron chi connectivity index (χ4n) is 1.02. The molecule has 5 heteroatoms. The van der Waals surface area contributed by atoms with E-state index in [4.69, 9.17) is 13.8 Å². The summed E-state index contributed by atoms with van der Waals surface area (Å²) in [5, 5.41) is 0. The maximum Gasteiger partial charge on any atom is 0.358 e. The molecule has 1 atom stereocenters. The van der Waals surface area contributed by atoms with Crippen molar-refractivity contribution >= 4 is 7.60 Å². The van der Waals surface area contributed by atoms with E-state index in [0.717, 1.165) is 6.42 Å². The SMILES string of the molecule is CCOC(C)P1(=O)OCCCO1. The van der Waals surface area contributed by atoms with E-state index in [9.17, 15) is 4.57 Å². The van der Waals surface area contributed by atoms with Gasteiger partial charge in [-0.2, -0.15) is 0 Å². The first-order chi connectivity index (χ1) is 5.69. The second kappa shape index (κ2) is 4.38. The Balaban J connectivity index is 2.50. The van der Waals surface area contributed by atoms with Crippen LogP contribution in [-0.2, 0) is 18.3 Å². The van der Waals surface area contributed by atoms with Crippen LogP contribution in [0.4, 0.5) is 0 Å². The predicted octanol–water partition coefficient (Wildman–Crippen LogP) is 2.00. The molecule has 1 aliphatic heterocycles. The predicted molar refractivity (Wildman–Crippen MR) is 45.2 cm³/mol. The first-order valence-electron chi connectivity index (χ1n) is 4.19. The van der Waals surface area contributed by atoms with Gasteiger partial charge >= 0.3 is 7.60 Å². The summed E-state index contributed by atoms with van der Waals surface area (Å²) in [5.41, 5.74) is 0. The highest BCUT2D eigenvalue weighted by Gasteiger charge is 2.35. The third-order valence-corrected chi connectivity index (χ3v) is 3.81. The van der Waals surface area contributed by atoms with Gasteiger partial charge in [-0.1, -0.05) is 0 Å². The van der Waals surface area contributed by atoms with E-state index in [-0.39, 0.29) is 0 Å². The van der Waals surface area contributed by atoms with E-state index in [1.54, 1.807) is 6.92 Å². The van der Waals surface area contributed by atoms with Crippen molar-refractivity contribution in [3.63, 3.8) is 0 Å². The van der Waals surface area contributed by atoms with E-state index in [1.165, 1.54) is 0 Å². The van der Waals surface area contributed by atoms with Gasteiger partial charge < -0.3 is 13.8 Å². The smallest absolute Gasteiger partial charge is 0.358 e. The Morgan fingerprint density at radius 3 is 2.58 bits per heavy atom. The van der Waals surface area contributed by atoms with E-state index >= 15 is 0 Å². The van der Waals surface area contributed by atoms with Crippen LogP contribution in [0.15, 0.2) is 0 Å². The second-order valence-electron chi connectivity index (χ2n) is 2.61. The summed E-state index contributed by atoms with van der Waals surface area (Å²) in [6, 6.07) is 0. The molecule has 12 heavy (non-hydrogen) atoms. The van der Waals surface area contributed by atoms with Gasteiger partial charge in [0, 0.05) is 6.61 Å². The van der Waals surface area contributed by atoms with E-state index in [1.807, 2.05) is 6.92 Å². The second-order valence-corrected chi connectivity index (χ2v) is 4.94. The van der Waals surface area contributed by atoms with E-state index < -0.39 is 13.4 Å². The van der Waals surface area contributed by atoms with Crippen LogP contribution in [0, 0.1) is 0 Å². The Bertz CT molecular complexity index is 172. The molecule has 4 nitrogen and oxygen atoms in total. The normalized spacial score (nSPS) is 25.2. The van der Waals surface area contributed by atoms with E-state index in [0.29, 0.717) is 19.8 Å². The molecule has 0 aromatic rings. The molecular weight excluding hydrogens is 179 g/mol. The molecule has 1 rings (SSSR count). The Morgan fingerprint density at radius 1 is 1.50 bits per heavy atom. The van der Waals surface area contributed by atoms with Gasteiger partial charge in [0.15, 0.2) is 5.85 Å². The highest BCUT2D eigenvalue weighted by atomic mass is 31.2. The third kappa shape index (κ3) is 2.30. The summed E-state index contributed by atoms with van der Waals surface area (Å²) in [6.07, 6.45) is 0.808. The van der Waals surface area contributed by atoms with Crippen LogP contribution in [0.3, 0.4) is 0 Å². The Morgan fingerprint density at radius 2 is 2.08 bits per heavy atom. The van der Waals surface area contributed by atoms with Crippen LogP contribution < -0.4 is 0 Å². The van der Waals surface area contributed by atoms with Crippen molar-refractivity contribution in [2.24, 2.45) is 0 Å². The number of rotatable bonds is 3. The highest BCUT2D eigenvalue weighted by molar-refractivity contribution is 7.54. The lowest BCUT2D eigenvalue weighted by atomic mass is 10.5. The molecule has 0 N–H and O–H groups in total. The Hall–Kier alpha value is 0.110. The van der Waals surface area contributed by atoms with E-state index in [2.05, 4.69) is 0 Å².